The number of imidazole rings is 1. The number of carbonyl (C=O) groups excluding carboxylic acids is 2. The second kappa shape index (κ2) is 8.24. The lowest BCUT2D eigenvalue weighted by molar-refractivity contribution is -0.143. The number of benzene rings is 1. The Kier molecular flexibility index (Phi) is 5.78. The van der Waals surface area contributed by atoms with E-state index in [4.69, 9.17) is 4.74 Å². The number of amides is 2. The number of nitrogens with zero attached hydrogens (tertiary/aromatic N) is 3. The van der Waals surface area contributed by atoms with Crippen molar-refractivity contribution in [2.45, 2.75) is 32.9 Å². The number of para-hydroxylation sites is 1. The maximum atomic E-state index is 12.9. The van der Waals surface area contributed by atoms with Crippen molar-refractivity contribution in [3.63, 3.8) is 0 Å². The van der Waals surface area contributed by atoms with Crippen molar-refractivity contribution in [2.24, 2.45) is 5.92 Å². The summed E-state index contributed by atoms with van der Waals surface area (Å²) in [5.74, 6) is 1.44. The predicted molar refractivity (Wildman–Crippen MR) is 101 cm³/mol. The number of piperidine rings is 1. The van der Waals surface area contributed by atoms with Crippen LogP contribution in [-0.4, -0.2) is 52.3 Å². The molecular weight excluding hydrogens is 344 g/mol. The fraction of sp³-hybridized carbons (Fsp3) is 0.450. The molecule has 1 fully saturated rings. The number of nitrogens with one attached hydrogen (secondary N) is 1. The predicted octanol–water partition coefficient (Wildman–Crippen LogP) is 2.12. The van der Waals surface area contributed by atoms with Gasteiger partial charge in [-0.05, 0) is 19.4 Å². The Balaban J connectivity index is 1.65. The standard InChI is InChI=1S/C20H26N4O3/c1-14-10-21-18(22-14)13-23(2)20(26)16-8-9-19(25)24(12-16)11-15-6-4-5-7-17(15)27-3/h4-7,10,16H,8-9,11-13H2,1-3H3,(H,21,22). The van der Waals surface area contributed by atoms with Gasteiger partial charge in [-0.3, -0.25) is 9.59 Å². The van der Waals surface area contributed by atoms with Crippen LogP contribution in [0.15, 0.2) is 30.5 Å². The van der Waals surface area contributed by atoms with Gasteiger partial charge in [-0.2, -0.15) is 0 Å². The molecule has 1 N–H and O–H groups in total. The summed E-state index contributed by atoms with van der Waals surface area (Å²) < 4.78 is 5.38. The van der Waals surface area contributed by atoms with E-state index in [-0.39, 0.29) is 17.7 Å². The van der Waals surface area contributed by atoms with E-state index in [0.717, 1.165) is 22.8 Å². The van der Waals surface area contributed by atoms with E-state index in [9.17, 15) is 9.59 Å². The monoisotopic (exact) mass is 370 g/mol. The fourth-order valence-electron chi connectivity index (χ4n) is 3.47. The SMILES string of the molecule is COc1ccccc1CN1CC(C(=O)N(C)Cc2ncc(C)[nH]2)CCC1=O. The minimum absolute atomic E-state index is 0.0431. The van der Waals surface area contributed by atoms with Crippen LogP contribution in [0, 0.1) is 12.8 Å². The molecule has 2 heterocycles. The number of aromatic nitrogens is 2. The summed E-state index contributed by atoms with van der Waals surface area (Å²) >= 11 is 0. The number of H-pyrrole nitrogens is 1. The van der Waals surface area contributed by atoms with Gasteiger partial charge < -0.3 is 19.5 Å². The molecule has 1 unspecified atom stereocenters. The fourth-order valence-corrected chi connectivity index (χ4v) is 3.47. The third-order valence-corrected chi connectivity index (χ3v) is 4.92. The second-order valence-electron chi connectivity index (χ2n) is 7.03. The average molecular weight is 370 g/mol. The van der Waals surface area contributed by atoms with Gasteiger partial charge in [-0.15, -0.1) is 0 Å². The van der Waals surface area contributed by atoms with Crippen molar-refractivity contribution in [3.05, 3.63) is 47.5 Å². The number of rotatable bonds is 6. The number of carbonyl (C=O) groups is 2. The summed E-state index contributed by atoms with van der Waals surface area (Å²) in [5, 5.41) is 0. The van der Waals surface area contributed by atoms with Crippen LogP contribution in [0.4, 0.5) is 0 Å². The average Bonchev–Trinajstić information content (AvgIpc) is 3.08. The van der Waals surface area contributed by atoms with Crippen LogP contribution in [0.2, 0.25) is 0 Å². The lowest BCUT2D eigenvalue weighted by atomic mass is 9.95. The minimum atomic E-state index is -0.196. The first-order chi connectivity index (χ1) is 13.0. The molecule has 1 saturated heterocycles. The summed E-state index contributed by atoms with van der Waals surface area (Å²) in [5.41, 5.74) is 1.91. The normalized spacial score (nSPS) is 17.1. The van der Waals surface area contributed by atoms with Gasteiger partial charge in [0.05, 0.1) is 19.6 Å². The van der Waals surface area contributed by atoms with Crippen LogP contribution in [0.1, 0.15) is 29.9 Å². The Labute approximate surface area is 159 Å². The molecule has 3 rings (SSSR count). The van der Waals surface area contributed by atoms with Crippen LogP contribution in [-0.2, 0) is 22.7 Å². The second-order valence-corrected chi connectivity index (χ2v) is 7.03. The van der Waals surface area contributed by atoms with Crippen molar-refractivity contribution in [1.29, 1.82) is 0 Å². The molecule has 1 aliphatic heterocycles. The van der Waals surface area contributed by atoms with Crippen LogP contribution in [0.25, 0.3) is 0 Å². The summed E-state index contributed by atoms with van der Waals surface area (Å²) in [4.78, 5) is 36.1. The lowest BCUT2D eigenvalue weighted by Crippen LogP contribution is -2.45. The highest BCUT2D eigenvalue weighted by atomic mass is 16.5. The number of methoxy groups -OCH3 is 1. The maximum absolute atomic E-state index is 12.9. The van der Waals surface area contributed by atoms with E-state index in [2.05, 4.69) is 9.97 Å². The highest BCUT2D eigenvalue weighted by Crippen LogP contribution is 2.25. The molecule has 2 aromatic rings. The minimum Gasteiger partial charge on any atom is -0.496 e. The number of aromatic amines is 1. The Morgan fingerprint density at radius 3 is 2.89 bits per heavy atom. The first kappa shape index (κ1) is 18.9. The van der Waals surface area contributed by atoms with Crippen molar-refractivity contribution in [3.8, 4) is 5.75 Å². The molecule has 1 aromatic carbocycles. The Morgan fingerprint density at radius 2 is 2.19 bits per heavy atom. The van der Waals surface area contributed by atoms with Gasteiger partial charge in [0.1, 0.15) is 11.6 Å². The number of hydrogen-bond acceptors (Lipinski definition) is 4. The van der Waals surface area contributed by atoms with E-state index in [0.29, 0.717) is 32.5 Å². The van der Waals surface area contributed by atoms with Gasteiger partial charge in [-0.1, -0.05) is 18.2 Å². The summed E-state index contributed by atoms with van der Waals surface area (Å²) in [6, 6.07) is 7.65. The van der Waals surface area contributed by atoms with E-state index in [1.165, 1.54) is 0 Å². The van der Waals surface area contributed by atoms with Crippen molar-refractivity contribution >= 4 is 11.8 Å². The van der Waals surface area contributed by atoms with Crippen LogP contribution in [0.3, 0.4) is 0 Å². The molecule has 0 bridgehead atoms. The molecule has 0 aliphatic carbocycles. The van der Waals surface area contributed by atoms with E-state index < -0.39 is 0 Å². The smallest absolute Gasteiger partial charge is 0.227 e. The molecule has 1 atom stereocenters. The Morgan fingerprint density at radius 1 is 1.41 bits per heavy atom. The molecule has 1 aromatic heterocycles. The topological polar surface area (TPSA) is 78.5 Å². The third kappa shape index (κ3) is 4.48. The van der Waals surface area contributed by atoms with Gasteiger partial charge in [-0.25, -0.2) is 4.98 Å². The largest absolute Gasteiger partial charge is 0.496 e. The Bertz CT molecular complexity index is 817. The molecular formula is C20H26N4O3. The molecule has 2 amide bonds. The van der Waals surface area contributed by atoms with Gasteiger partial charge in [0, 0.05) is 44.0 Å². The quantitative estimate of drug-likeness (QED) is 0.845. The van der Waals surface area contributed by atoms with Crippen molar-refractivity contribution in [2.75, 3.05) is 20.7 Å². The summed E-state index contributed by atoms with van der Waals surface area (Å²) in [6.07, 6.45) is 2.72. The summed E-state index contributed by atoms with van der Waals surface area (Å²) in [7, 11) is 3.40. The highest BCUT2D eigenvalue weighted by molar-refractivity contribution is 5.83. The number of ether oxygens (including phenoxy) is 1. The Hall–Kier alpha value is -2.83. The van der Waals surface area contributed by atoms with Gasteiger partial charge >= 0.3 is 0 Å². The third-order valence-electron chi connectivity index (χ3n) is 4.92. The zero-order valence-electron chi connectivity index (χ0n) is 16.1. The van der Waals surface area contributed by atoms with E-state index in [1.807, 2.05) is 31.2 Å². The maximum Gasteiger partial charge on any atom is 0.227 e. The molecule has 0 saturated carbocycles. The van der Waals surface area contributed by atoms with Crippen LogP contribution in [0.5, 0.6) is 5.75 Å². The van der Waals surface area contributed by atoms with Crippen LogP contribution >= 0.6 is 0 Å². The van der Waals surface area contributed by atoms with Gasteiger partial charge in [0.2, 0.25) is 11.8 Å². The first-order valence-electron chi connectivity index (χ1n) is 9.13. The molecule has 0 spiro atoms. The van der Waals surface area contributed by atoms with Crippen molar-refractivity contribution in [1.82, 2.24) is 19.8 Å². The zero-order valence-corrected chi connectivity index (χ0v) is 16.1. The summed E-state index contributed by atoms with van der Waals surface area (Å²) in [6.45, 7) is 3.25. The molecule has 7 heteroatoms. The van der Waals surface area contributed by atoms with Gasteiger partial charge in [0.15, 0.2) is 0 Å². The zero-order chi connectivity index (χ0) is 19.4. The molecule has 1 aliphatic rings. The molecule has 144 valence electrons. The molecule has 27 heavy (non-hydrogen) atoms. The number of hydrogen-bond donors (Lipinski definition) is 1. The number of aryl methyl sites for hydroxylation is 1. The first-order valence-corrected chi connectivity index (χ1v) is 9.13. The van der Waals surface area contributed by atoms with Crippen LogP contribution < -0.4 is 4.74 Å². The molecule has 7 nitrogen and oxygen atoms in total. The van der Waals surface area contributed by atoms with Crippen molar-refractivity contribution < 1.29 is 14.3 Å². The highest BCUT2D eigenvalue weighted by Gasteiger charge is 2.32. The molecule has 0 radical (unpaired) electrons. The van der Waals surface area contributed by atoms with E-state index in [1.54, 1.807) is 30.2 Å². The van der Waals surface area contributed by atoms with Gasteiger partial charge in [0.25, 0.3) is 0 Å². The van der Waals surface area contributed by atoms with E-state index >= 15 is 0 Å². The number of likely N-dealkylation sites (tertiary alicyclic amines) is 1. The lowest BCUT2D eigenvalue weighted by Gasteiger charge is -2.34.